The molecule has 0 bridgehead atoms. The fourth-order valence-electron chi connectivity index (χ4n) is 2.82. The van der Waals surface area contributed by atoms with Gasteiger partial charge in [-0.15, -0.1) is 0 Å². The first-order chi connectivity index (χ1) is 13.9. The number of nitrogens with zero attached hydrogens (tertiary/aromatic N) is 1. The van der Waals surface area contributed by atoms with Gasteiger partial charge in [0.25, 0.3) is 0 Å². The zero-order valence-electron chi connectivity index (χ0n) is 17.6. The largest absolute Gasteiger partial charge is 0.493 e. The molecule has 2 rings (SSSR count). The van der Waals surface area contributed by atoms with E-state index in [0.29, 0.717) is 38.2 Å². The number of nitrogens with one attached hydrogen (secondary N) is 2. The van der Waals surface area contributed by atoms with Gasteiger partial charge in [-0.05, 0) is 25.0 Å². The lowest BCUT2D eigenvalue weighted by molar-refractivity contribution is 0.154. The van der Waals surface area contributed by atoms with Gasteiger partial charge in [-0.1, -0.05) is 12.1 Å². The molecule has 0 aromatic heterocycles. The number of sulfone groups is 1. The zero-order chi connectivity index (χ0) is 21.1. The van der Waals surface area contributed by atoms with Crippen molar-refractivity contribution >= 4 is 15.8 Å². The summed E-state index contributed by atoms with van der Waals surface area (Å²) in [5, 5.41) is 6.42. The maximum atomic E-state index is 11.1. The number of benzene rings is 1. The first-order valence-corrected chi connectivity index (χ1v) is 11.9. The molecule has 1 aromatic carbocycles. The van der Waals surface area contributed by atoms with E-state index in [1.807, 2.05) is 6.92 Å². The van der Waals surface area contributed by atoms with Crippen molar-refractivity contribution in [1.82, 2.24) is 10.6 Å². The van der Waals surface area contributed by atoms with E-state index in [4.69, 9.17) is 14.2 Å². The lowest BCUT2D eigenvalue weighted by atomic mass is 10.1. The number of aliphatic imine (C=N–C) groups is 1. The zero-order valence-corrected chi connectivity index (χ0v) is 18.4. The molecule has 0 spiro atoms. The molecule has 29 heavy (non-hydrogen) atoms. The van der Waals surface area contributed by atoms with Crippen molar-refractivity contribution < 1.29 is 22.6 Å². The van der Waals surface area contributed by atoms with Gasteiger partial charge in [0.05, 0.1) is 32.2 Å². The normalized spacial score (nSPS) is 17.3. The average molecular weight is 428 g/mol. The summed E-state index contributed by atoms with van der Waals surface area (Å²) in [7, 11) is -1.29. The monoisotopic (exact) mass is 427 g/mol. The van der Waals surface area contributed by atoms with Crippen LogP contribution in [0.4, 0.5) is 0 Å². The second-order valence-electron chi connectivity index (χ2n) is 7.25. The molecule has 9 heteroatoms. The van der Waals surface area contributed by atoms with Crippen molar-refractivity contribution in [2.75, 3.05) is 58.6 Å². The Morgan fingerprint density at radius 1 is 1.31 bits per heavy atom. The second-order valence-corrected chi connectivity index (χ2v) is 9.51. The second kappa shape index (κ2) is 12.0. The molecule has 1 saturated heterocycles. The number of ether oxygens (including phenoxy) is 3. The molecule has 1 unspecified atom stereocenters. The molecule has 164 valence electrons. The van der Waals surface area contributed by atoms with Crippen LogP contribution in [0, 0.1) is 12.8 Å². The van der Waals surface area contributed by atoms with E-state index in [1.165, 1.54) is 6.26 Å². The van der Waals surface area contributed by atoms with Crippen LogP contribution in [0.15, 0.2) is 23.2 Å². The third-order valence-corrected chi connectivity index (χ3v) is 5.44. The van der Waals surface area contributed by atoms with E-state index < -0.39 is 9.84 Å². The van der Waals surface area contributed by atoms with Crippen LogP contribution in [0.5, 0.6) is 5.75 Å². The van der Waals surface area contributed by atoms with Crippen LogP contribution >= 0.6 is 0 Å². The van der Waals surface area contributed by atoms with Crippen molar-refractivity contribution in [1.29, 1.82) is 0 Å². The highest BCUT2D eigenvalue weighted by Crippen LogP contribution is 2.22. The molecule has 1 aromatic rings. The van der Waals surface area contributed by atoms with E-state index >= 15 is 0 Å². The molecule has 0 saturated carbocycles. The third kappa shape index (κ3) is 9.47. The van der Waals surface area contributed by atoms with Crippen molar-refractivity contribution in [3.05, 3.63) is 29.3 Å². The first-order valence-electron chi connectivity index (χ1n) is 9.87. The maximum absolute atomic E-state index is 11.1. The number of aryl methyl sites for hydroxylation is 1. The molecule has 1 aliphatic rings. The predicted octanol–water partition coefficient (Wildman–Crippen LogP) is 1.14. The molecular weight excluding hydrogens is 394 g/mol. The fraction of sp³-hybridized carbons (Fsp3) is 0.650. The average Bonchev–Trinajstić information content (AvgIpc) is 3.19. The number of rotatable bonds is 11. The first kappa shape index (κ1) is 23.4. The standard InChI is InChI=1S/C20H33N3O5S/c1-16-4-5-18(19(12-16)28-15-17-6-8-27-14-17)13-23-20(21-2)22-7-9-26-10-11-29(3,24)25/h4-5,12,17H,6-11,13-15H2,1-3H3,(H2,21,22,23). The van der Waals surface area contributed by atoms with Gasteiger partial charge in [-0.25, -0.2) is 8.42 Å². The summed E-state index contributed by atoms with van der Waals surface area (Å²) in [5.74, 6) is 2.01. The summed E-state index contributed by atoms with van der Waals surface area (Å²) in [6, 6.07) is 6.18. The molecule has 0 radical (unpaired) electrons. The van der Waals surface area contributed by atoms with E-state index in [1.54, 1.807) is 7.05 Å². The van der Waals surface area contributed by atoms with Crippen LogP contribution in [0.25, 0.3) is 0 Å². The Morgan fingerprint density at radius 2 is 2.14 bits per heavy atom. The summed E-state index contributed by atoms with van der Waals surface area (Å²) in [4.78, 5) is 4.20. The van der Waals surface area contributed by atoms with Crippen LogP contribution in [0.3, 0.4) is 0 Å². The quantitative estimate of drug-likeness (QED) is 0.310. The van der Waals surface area contributed by atoms with Crippen molar-refractivity contribution in [2.45, 2.75) is 19.9 Å². The van der Waals surface area contributed by atoms with Gasteiger partial charge < -0.3 is 24.8 Å². The van der Waals surface area contributed by atoms with Crippen LogP contribution in [-0.4, -0.2) is 73.0 Å². The predicted molar refractivity (Wildman–Crippen MR) is 114 cm³/mol. The Bertz CT molecular complexity index is 761. The minimum atomic E-state index is -2.99. The highest BCUT2D eigenvalue weighted by atomic mass is 32.2. The van der Waals surface area contributed by atoms with Gasteiger partial charge >= 0.3 is 0 Å². The van der Waals surface area contributed by atoms with Crippen LogP contribution in [-0.2, 0) is 25.9 Å². The Morgan fingerprint density at radius 3 is 2.83 bits per heavy atom. The molecular formula is C20H33N3O5S. The van der Waals surface area contributed by atoms with Gasteiger partial charge in [-0.3, -0.25) is 4.99 Å². The smallest absolute Gasteiger partial charge is 0.191 e. The van der Waals surface area contributed by atoms with Crippen LogP contribution < -0.4 is 15.4 Å². The lowest BCUT2D eigenvalue weighted by Gasteiger charge is -2.17. The fourth-order valence-corrected chi connectivity index (χ4v) is 3.24. The van der Waals surface area contributed by atoms with Crippen molar-refractivity contribution in [3.8, 4) is 5.75 Å². The summed E-state index contributed by atoms with van der Waals surface area (Å²) in [5.41, 5.74) is 2.21. The van der Waals surface area contributed by atoms with Gasteiger partial charge in [0.15, 0.2) is 5.96 Å². The van der Waals surface area contributed by atoms with Crippen molar-refractivity contribution in [2.24, 2.45) is 10.9 Å². The van der Waals surface area contributed by atoms with Gasteiger partial charge in [0.2, 0.25) is 0 Å². The molecule has 1 atom stereocenters. The van der Waals surface area contributed by atoms with Gasteiger partial charge in [0, 0.05) is 44.5 Å². The number of hydrogen-bond donors (Lipinski definition) is 2. The SMILES string of the molecule is CN=C(NCCOCCS(C)(=O)=O)NCc1ccc(C)cc1OCC1CCOC1. The Hall–Kier alpha value is -1.84. The van der Waals surface area contributed by atoms with Crippen molar-refractivity contribution in [3.63, 3.8) is 0 Å². The van der Waals surface area contributed by atoms with Crippen LogP contribution in [0.2, 0.25) is 0 Å². The van der Waals surface area contributed by atoms with E-state index in [2.05, 4.69) is 33.8 Å². The van der Waals surface area contributed by atoms with Crippen LogP contribution in [0.1, 0.15) is 17.5 Å². The maximum Gasteiger partial charge on any atom is 0.191 e. The topological polar surface area (TPSA) is 98.3 Å². The van der Waals surface area contributed by atoms with Gasteiger partial charge in [0.1, 0.15) is 15.6 Å². The third-order valence-electron chi connectivity index (χ3n) is 4.53. The lowest BCUT2D eigenvalue weighted by Crippen LogP contribution is -2.38. The Labute approximate surface area is 173 Å². The molecule has 1 aliphatic heterocycles. The minimum absolute atomic E-state index is 0.0309. The number of guanidine groups is 1. The molecule has 1 heterocycles. The molecule has 0 amide bonds. The summed E-state index contributed by atoms with van der Waals surface area (Å²) in [6.07, 6.45) is 2.24. The molecule has 2 N–H and O–H groups in total. The summed E-state index contributed by atoms with van der Waals surface area (Å²) < 4.78 is 38.9. The van der Waals surface area contributed by atoms with E-state index in [-0.39, 0.29) is 12.4 Å². The molecule has 1 fully saturated rings. The Balaban J connectivity index is 1.76. The van der Waals surface area contributed by atoms with E-state index in [0.717, 1.165) is 36.5 Å². The minimum Gasteiger partial charge on any atom is -0.493 e. The van der Waals surface area contributed by atoms with Gasteiger partial charge in [-0.2, -0.15) is 0 Å². The Kier molecular flexibility index (Phi) is 9.69. The number of hydrogen-bond acceptors (Lipinski definition) is 6. The molecule has 0 aliphatic carbocycles. The highest BCUT2D eigenvalue weighted by molar-refractivity contribution is 7.90. The summed E-state index contributed by atoms with van der Waals surface area (Å²) >= 11 is 0. The van der Waals surface area contributed by atoms with E-state index in [9.17, 15) is 8.42 Å². The molecule has 8 nitrogen and oxygen atoms in total. The summed E-state index contributed by atoms with van der Waals surface area (Å²) in [6.45, 7) is 5.99. The highest BCUT2D eigenvalue weighted by Gasteiger charge is 2.17.